The Morgan fingerprint density at radius 3 is 2.89 bits per heavy atom. The lowest BCUT2D eigenvalue weighted by molar-refractivity contribution is 0.511. The number of nitrogens with zero attached hydrogens (tertiary/aromatic N) is 3. The number of anilines is 1. The molecular weight excluding hydrogens is 384 g/mol. The summed E-state index contributed by atoms with van der Waals surface area (Å²) in [7, 11) is -1.40. The van der Waals surface area contributed by atoms with Gasteiger partial charge in [-0.1, -0.05) is 6.42 Å². The van der Waals surface area contributed by atoms with Crippen LogP contribution in [0.25, 0.3) is 21.7 Å². The Balaban J connectivity index is 1.84. The largest absolute Gasteiger partial charge is 0.423 e. The summed E-state index contributed by atoms with van der Waals surface area (Å²) < 4.78 is 30.4. The molecule has 1 atom stereocenters. The van der Waals surface area contributed by atoms with E-state index in [1.165, 1.54) is 17.6 Å². The van der Waals surface area contributed by atoms with Gasteiger partial charge in [0.1, 0.15) is 10.5 Å². The lowest BCUT2D eigenvalue weighted by atomic mass is 10.1. The molecule has 0 radical (unpaired) electrons. The third kappa shape index (κ3) is 3.71. The summed E-state index contributed by atoms with van der Waals surface area (Å²) in [6.07, 6.45) is 6.25. The van der Waals surface area contributed by atoms with Crippen molar-refractivity contribution in [3.8, 4) is 10.6 Å². The van der Waals surface area contributed by atoms with E-state index in [0.717, 1.165) is 37.4 Å². The smallest absolute Gasteiger partial charge is 0.298 e. The van der Waals surface area contributed by atoms with E-state index in [0.29, 0.717) is 28.7 Å². The maximum atomic E-state index is 12.1. The van der Waals surface area contributed by atoms with Crippen molar-refractivity contribution < 1.29 is 12.8 Å². The van der Waals surface area contributed by atoms with Crippen LogP contribution in [-0.4, -0.2) is 50.8 Å². The van der Waals surface area contributed by atoms with Crippen LogP contribution in [0.5, 0.6) is 0 Å². The van der Waals surface area contributed by atoms with Gasteiger partial charge in [0, 0.05) is 37.0 Å². The molecule has 1 saturated heterocycles. The molecule has 1 fully saturated rings. The summed E-state index contributed by atoms with van der Waals surface area (Å²) in [5, 5.41) is 5.92. The van der Waals surface area contributed by atoms with E-state index in [-0.39, 0.29) is 4.90 Å². The molecule has 1 unspecified atom stereocenters. The Kier molecular flexibility index (Phi) is 4.92. The monoisotopic (exact) mass is 406 g/mol. The van der Waals surface area contributed by atoms with Gasteiger partial charge in [0.2, 0.25) is 0 Å². The molecule has 3 heterocycles. The third-order valence-electron chi connectivity index (χ3n) is 4.89. The van der Waals surface area contributed by atoms with Crippen LogP contribution in [0.2, 0.25) is 0 Å². The van der Waals surface area contributed by atoms with Crippen molar-refractivity contribution in [1.82, 2.24) is 15.3 Å². The van der Waals surface area contributed by atoms with Crippen LogP contribution < -0.4 is 10.2 Å². The zero-order chi connectivity index (χ0) is 19.0. The highest BCUT2D eigenvalue weighted by atomic mass is 32.2. The van der Waals surface area contributed by atoms with E-state index in [1.54, 1.807) is 18.3 Å². The molecule has 1 aliphatic heterocycles. The van der Waals surface area contributed by atoms with Gasteiger partial charge in [0.15, 0.2) is 15.4 Å². The van der Waals surface area contributed by atoms with Gasteiger partial charge in [-0.3, -0.25) is 0 Å². The van der Waals surface area contributed by atoms with Crippen LogP contribution in [0.1, 0.15) is 19.3 Å². The number of benzene rings is 1. The van der Waals surface area contributed by atoms with Gasteiger partial charge < -0.3 is 14.6 Å². The number of hydrogen-bond donors (Lipinski definition) is 1. The second-order valence-electron chi connectivity index (χ2n) is 6.85. The van der Waals surface area contributed by atoms with E-state index in [4.69, 9.17) is 4.42 Å². The predicted molar refractivity (Wildman–Crippen MR) is 107 cm³/mol. The first kappa shape index (κ1) is 18.4. The van der Waals surface area contributed by atoms with Crippen molar-refractivity contribution in [3.63, 3.8) is 0 Å². The van der Waals surface area contributed by atoms with E-state index in [1.807, 2.05) is 12.4 Å². The molecule has 1 aliphatic rings. The first-order valence-electron chi connectivity index (χ1n) is 8.92. The third-order valence-corrected chi connectivity index (χ3v) is 6.79. The highest BCUT2D eigenvalue weighted by Gasteiger charge is 2.24. The highest BCUT2D eigenvalue weighted by Crippen LogP contribution is 2.35. The van der Waals surface area contributed by atoms with Crippen LogP contribution in [0.15, 0.2) is 33.0 Å². The molecule has 9 heteroatoms. The molecule has 144 valence electrons. The first-order chi connectivity index (χ1) is 13.0. The van der Waals surface area contributed by atoms with Crippen LogP contribution in [0, 0.1) is 0 Å². The van der Waals surface area contributed by atoms with Crippen LogP contribution in [-0.2, 0) is 9.84 Å². The van der Waals surface area contributed by atoms with Crippen molar-refractivity contribution in [1.29, 1.82) is 0 Å². The maximum Gasteiger partial charge on any atom is 0.298 e. The molecule has 0 aliphatic carbocycles. The first-order valence-corrected chi connectivity index (χ1v) is 11.7. The zero-order valence-corrected chi connectivity index (χ0v) is 16.9. The fraction of sp³-hybridized carbons (Fsp3) is 0.444. The van der Waals surface area contributed by atoms with E-state index >= 15 is 0 Å². The number of likely N-dealkylation sites (N-methyl/N-ethyl adjacent to an activating group) is 1. The summed E-state index contributed by atoms with van der Waals surface area (Å²) in [5.74, 6) is 0. The SMILES string of the molecule is CNC1CCCCN(c2nc3cc(S(C)(=O)=O)cc(-c4nccs4)c3o2)C1. The summed E-state index contributed by atoms with van der Waals surface area (Å²) in [5.41, 5.74) is 1.79. The maximum absolute atomic E-state index is 12.1. The number of thiazole rings is 1. The molecule has 2 aromatic heterocycles. The number of sulfone groups is 1. The standard InChI is InChI=1S/C18H22N4O3S2/c1-19-12-5-3-4-7-22(11-12)18-21-15-10-13(27(2,23)24)9-14(16(15)25-18)17-20-6-8-26-17/h6,8-10,12,19H,3-5,7,11H2,1-2H3. The fourth-order valence-electron chi connectivity index (χ4n) is 3.41. The summed E-state index contributed by atoms with van der Waals surface area (Å²) in [6.45, 7) is 1.69. The van der Waals surface area contributed by atoms with Gasteiger partial charge in [0.05, 0.1) is 10.5 Å². The second kappa shape index (κ2) is 7.21. The second-order valence-corrected chi connectivity index (χ2v) is 9.76. The Morgan fingerprint density at radius 2 is 2.19 bits per heavy atom. The minimum atomic E-state index is -3.37. The van der Waals surface area contributed by atoms with Gasteiger partial charge in [0.25, 0.3) is 6.01 Å². The van der Waals surface area contributed by atoms with E-state index in [9.17, 15) is 8.42 Å². The molecule has 1 N–H and O–H groups in total. The van der Waals surface area contributed by atoms with Gasteiger partial charge in [-0.15, -0.1) is 11.3 Å². The van der Waals surface area contributed by atoms with E-state index in [2.05, 4.69) is 20.2 Å². The molecule has 27 heavy (non-hydrogen) atoms. The van der Waals surface area contributed by atoms with Crippen molar-refractivity contribution in [2.75, 3.05) is 31.3 Å². The minimum Gasteiger partial charge on any atom is -0.423 e. The van der Waals surface area contributed by atoms with Crippen molar-refractivity contribution in [2.45, 2.75) is 30.2 Å². The number of hydrogen-bond acceptors (Lipinski definition) is 8. The number of nitrogens with one attached hydrogen (secondary N) is 1. The predicted octanol–water partition coefficient (Wildman–Crippen LogP) is 2.93. The Hall–Kier alpha value is -1.97. The summed E-state index contributed by atoms with van der Waals surface area (Å²) in [6, 6.07) is 4.13. The Morgan fingerprint density at radius 1 is 1.33 bits per heavy atom. The Labute approximate surface area is 162 Å². The molecule has 0 spiro atoms. The highest BCUT2D eigenvalue weighted by molar-refractivity contribution is 7.90. The quantitative estimate of drug-likeness (QED) is 0.712. The molecule has 0 saturated carbocycles. The topological polar surface area (TPSA) is 88.3 Å². The van der Waals surface area contributed by atoms with Crippen molar-refractivity contribution in [2.24, 2.45) is 0 Å². The van der Waals surface area contributed by atoms with Crippen LogP contribution in [0.4, 0.5) is 6.01 Å². The van der Waals surface area contributed by atoms with Crippen molar-refractivity contribution in [3.05, 3.63) is 23.7 Å². The van der Waals surface area contributed by atoms with Gasteiger partial charge in [-0.05, 0) is 32.0 Å². The summed E-state index contributed by atoms with van der Waals surface area (Å²) in [4.78, 5) is 11.3. The van der Waals surface area contributed by atoms with Crippen molar-refractivity contribution >= 4 is 38.3 Å². The van der Waals surface area contributed by atoms with E-state index < -0.39 is 9.84 Å². The molecular formula is C18H22N4O3S2. The van der Waals surface area contributed by atoms with Gasteiger partial charge >= 0.3 is 0 Å². The van der Waals surface area contributed by atoms with Crippen LogP contribution >= 0.6 is 11.3 Å². The molecule has 0 amide bonds. The Bertz CT molecular complexity index is 1040. The van der Waals surface area contributed by atoms with Gasteiger partial charge in [-0.25, -0.2) is 13.4 Å². The van der Waals surface area contributed by atoms with Gasteiger partial charge in [-0.2, -0.15) is 4.98 Å². The lowest BCUT2D eigenvalue weighted by Crippen LogP contribution is -2.38. The number of fused-ring (bicyclic) bond motifs is 1. The average molecular weight is 407 g/mol. The lowest BCUT2D eigenvalue weighted by Gasteiger charge is -2.22. The fourth-order valence-corrected chi connectivity index (χ4v) is 4.72. The average Bonchev–Trinajstić information content (AvgIpc) is 3.25. The minimum absolute atomic E-state index is 0.226. The number of oxazole rings is 1. The van der Waals surface area contributed by atoms with Crippen LogP contribution in [0.3, 0.4) is 0 Å². The number of rotatable bonds is 4. The normalized spacial score (nSPS) is 18.7. The molecule has 7 nitrogen and oxygen atoms in total. The molecule has 3 aromatic rings. The molecule has 4 rings (SSSR count). The summed E-state index contributed by atoms with van der Waals surface area (Å²) >= 11 is 1.45. The number of aromatic nitrogens is 2. The molecule has 1 aromatic carbocycles. The molecule has 0 bridgehead atoms. The zero-order valence-electron chi connectivity index (χ0n) is 15.3.